The van der Waals surface area contributed by atoms with Crippen molar-refractivity contribution < 1.29 is 9.53 Å². The van der Waals surface area contributed by atoms with Crippen molar-refractivity contribution in [2.24, 2.45) is 0 Å². The Labute approximate surface area is 133 Å². The van der Waals surface area contributed by atoms with Gasteiger partial charge < -0.3 is 10.1 Å². The zero-order valence-corrected chi connectivity index (χ0v) is 13.1. The maximum atomic E-state index is 12.3. The minimum Gasteiger partial charge on any atom is -0.478 e. The Balaban J connectivity index is 2.05. The van der Waals surface area contributed by atoms with E-state index in [9.17, 15) is 4.79 Å². The Morgan fingerprint density at radius 2 is 1.71 bits per heavy atom. The molecule has 1 aromatic carbocycles. The molecule has 0 spiro atoms. The lowest BCUT2D eigenvalue weighted by atomic mass is 10.1. The number of hydrogen-bond acceptors (Lipinski definition) is 3. The number of benzene rings is 1. The monoisotopic (exact) mass is 324 g/mol. The van der Waals surface area contributed by atoms with Crippen LogP contribution in [-0.2, 0) is 4.79 Å². The highest BCUT2D eigenvalue weighted by Gasteiger charge is 2.30. The first kappa shape index (κ1) is 15.6. The van der Waals surface area contributed by atoms with E-state index in [1.807, 2.05) is 0 Å². The normalized spacial score (nSPS) is 11.0. The maximum absolute atomic E-state index is 12.3. The van der Waals surface area contributed by atoms with Crippen LogP contribution in [0.5, 0.6) is 5.75 Å². The fourth-order valence-electron chi connectivity index (χ4n) is 1.56. The number of halogens is 2. The Kier molecular flexibility index (Phi) is 4.70. The highest BCUT2D eigenvalue weighted by atomic mass is 35.5. The van der Waals surface area contributed by atoms with Gasteiger partial charge in [0.25, 0.3) is 5.91 Å². The van der Waals surface area contributed by atoms with E-state index < -0.39 is 5.60 Å². The van der Waals surface area contributed by atoms with Crippen molar-refractivity contribution in [2.75, 3.05) is 5.32 Å². The summed E-state index contributed by atoms with van der Waals surface area (Å²) in [5.41, 5.74) is -1.06. The zero-order chi connectivity index (χ0) is 15.5. The highest BCUT2D eigenvalue weighted by molar-refractivity contribution is 6.30. The average Bonchev–Trinajstić information content (AvgIpc) is 2.43. The van der Waals surface area contributed by atoms with Gasteiger partial charge in [0.05, 0.1) is 5.02 Å². The van der Waals surface area contributed by atoms with Crippen LogP contribution in [0.2, 0.25) is 10.0 Å². The van der Waals surface area contributed by atoms with Crippen LogP contribution >= 0.6 is 23.2 Å². The lowest BCUT2D eigenvalue weighted by Gasteiger charge is -2.25. The van der Waals surface area contributed by atoms with Gasteiger partial charge in [-0.1, -0.05) is 23.2 Å². The number of hydrogen-bond donors (Lipinski definition) is 1. The van der Waals surface area contributed by atoms with Crippen molar-refractivity contribution >= 4 is 34.9 Å². The minimum absolute atomic E-state index is 0.313. The van der Waals surface area contributed by atoms with E-state index in [-0.39, 0.29) is 5.91 Å². The Bertz CT molecular complexity index is 625. The first-order valence-electron chi connectivity index (χ1n) is 6.24. The molecule has 1 amide bonds. The van der Waals surface area contributed by atoms with Crippen LogP contribution in [-0.4, -0.2) is 16.5 Å². The van der Waals surface area contributed by atoms with Crippen LogP contribution in [0.4, 0.5) is 5.82 Å². The van der Waals surface area contributed by atoms with E-state index in [1.165, 1.54) is 6.20 Å². The molecule has 0 fully saturated rings. The summed E-state index contributed by atoms with van der Waals surface area (Å²) in [7, 11) is 0. The first-order chi connectivity index (χ1) is 9.87. The summed E-state index contributed by atoms with van der Waals surface area (Å²) in [5.74, 6) is 0.660. The third-order valence-electron chi connectivity index (χ3n) is 2.70. The van der Waals surface area contributed by atoms with Gasteiger partial charge in [0.2, 0.25) is 0 Å². The van der Waals surface area contributed by atoms with Gasteiger partial charge in [0, 0.05) is 11.2 Å². The number of pyridine rings is 1. The van der Waals surface area contributed by atoms with E-state index in [4.69, 9.17) is 27.9 Å². The topological polar surface area (TPSA) is 51.2 Å². The summed E-state index contributed by atoms with van der Waals surface area (Å²) in [6, 6.07) is 10.1. The SMILES string of the molecule is CC(C)(Oc1ccc(Cl)cc1)C(=O)Nc1ccc(Cl)cn1. The molecule has 0 saturated carbocycles. The van der Waals surface area contributed by atoms with E-state index in [0.29, 0.717) is 21.6 Å². The van der Waals surface area contributed by atoms with Gasteiger partial charge in [-0.3, -0.25) is 4.79 Å². The third kappa shape index (κ3) is 4.34. The van der Waals surface area contributed by atoms with Crippen molar-refractivity contribution in [3.63, 3.8) is 0 Å². The summed E-state index contributed by atoms with van der Waals surface area (Å²) < 4.78 is 5.69. The number of carbonyl (C=O) groups is 1. The standard InChI is InChI=1S/C15H14Cl2N2O2/c1-15(2,21-12-6-3-10(16)4-7-12)14(20)19-13-8-5-11(17)9-18-13/h3-9H,1-2H3,(H,18,19,20). The highest BCUT2D eigenvalue weighted by Crippen LogP contribution is 2.22. The molecule has 1 aromatic heterocycles. The second kappa shape index (κ2) is 6.33. The smallest absolute Gasteiger partial charge is 0.269 e. The van der Waals surface area contributed by atoms with Crippen molar-refractivity contribution in [2.45, 2.75) is 19.4 Å². The number of anilines is 1. The van der Waals surface area contributed by atoms with Crippen molar-refractivity contribution in [3.8, 4) is 5.75 Å². The van der Waals surface area contributed by atoms with Crippen LogP contribution in [0.25, 0.3) is 0 Å². The molecule has 4 nitrogen and oxygen atoms in total. The largest absolute Gasteiger partial charge is 0.478 e. The number of ether oxygens (including phenoxy) is 1. The van der Waals surface area contributed by atoms with Crippen LogP contribution in [0.3, 0.4) is 0 Å². The lowest BCUT2D eigenvalue weighted by Crippen LogP contribution is -2.42. The quantitative estimate of drug-likeness (QED) is 0.917. The molecular formula is C15H14Cl2N2O2. The van der Waals surface area contributed by atoms with Crippen molar-refractivity contribution in [1.82, 2.24) is 4.98 Å². The number of aromatic nitrogens is 1. The van der Waals surface area contributed by atoms with Gasteiger partial charge >= 0.3 is 0 Å². The second-order valence-corrected chi connectivity index (χ2v) is 5.75. The zero-order valence-electron chi connectivity index (χ0n) is 11.6. The number of rotatable bonds is 4. The van der Waals surface area contributed by atoms with Crippen molar-refractivity contribution in [3.05, 3.63) is 52.6 Å². The van der Waals surface area contributed by atoms with Crippen molar-refractivity contribution in [1.29, 1.82) is 0 Å². The number of carbonyl (C=O) groups excluding carboxylic acids is 1. The molecule has 0 radical (unpaired) electrons. The Morgan fingerprint density at radius 1 is 1.10 bits per heavy atom. The maximum Gasteiger partial charge on any atom is 0.269 e. The van der Waals surface area contributed by atoms with Gasteiger partial charge in [-0.15, -0.1) is 0 Å². The summed E-state index contributed by atoms with van der Waals surface area (Å²) in [5, 5.41) is 3.79. The summed E-state index contributed by atoms with van der Waals surface area (Å²) in [4.78, 5) is 16.3. The molecule has 110 valence electrons. The van der Waals surface area contributed by atoms with Gasteiger partial charge in [-0.2, -0.15) is 0 Å². The first-order valence-corrected chi connectivity index (χ1v) is 7.00. The Morgan fingerprint density at radius 3 is 2.29 bits per heavy atom. The molecule has 21 heavy (non-hydrogen) atoms. The van der Waals surface area contributed by atoms with Crippen LogP contribution in [0.15, 0.2) is 42.6 Å². The number of amides is 1. The molecule has 1 heterocycles. The molecule has 0 aliphatic heterocycles. The van der Waals surface area contributed by atoms with E-state index in [0.717, 1.165) is 0 Å². The number of nitrogens with one attached hydrogen (secondary N) is 1. The molecule has 0 saturated heterocycles. The van der Waals surface area contributed by atoms with E-state index >= 15 is 0 Å². The Hall–Kier alpha value is -1.78. The molecule has 0 unspecified atom stereocenters. The summed E-state index contributed by atoms with van der Waals surface area (Å²) in [6.45, 7) is 3.35. The van der Waals surface area contributed by atoms with Gasteiger partial charge in [-0.25, -0.2) is 4.98 Å². The molecule has 2 rings (SSSR count). The number of nitrogens with zero attached hydrogens (tertiary/aromatic N) is 1. The molecule has 0 bridgehead atoms. The molecule has 0 atom stereocenters. The second-order valence-electron chi connectivity index (χ2n) is 4.88. The predicted octanol–water partition coefficient (Wildman–Crippen LogP) is 4.18. The predicted molar refractivity (Wildman–Crippen MR) is 84.0 cm³/mol. The van der Waals surface area contributed by atoms with Gasteiger partial charge in [-0.05, 0) is 50.2 Å². The fraction of sp³-hybridized carbons (Fsp3) is 0.200. The molecule has 0 aliphatic carbocycles. The average molecular weight is 325 g/mol. The van der Waals surface area contributed by atoms with E-state index in [1.54, 1.807) is 50.2 Å². The molecule has 1 N–H and O–H groups in total. The van der Waals surface area contributed by atoms with Crippen LogP contribution in [0.1, 0.15) is 13.8 Å². The lowest BCUT2D eigenvalue weighted by molar-refractivity contribution is -0.128. The minimum atomic E-state index is -1.06. The summed E-state index contributed by atoms with van der Waals surface area (Å²) >= 11 is 11.6. The van der Waals surface area contributed by atoms with E-state index in [2.05, 4.69) is 10.3 Å². The molecule has 2 aromatic rings. The van der Waals surface area contributed by atoms with Crippen LogP contribution in [0, 0.1) is 0 Å². The molecular weight excluding hydrogens is 311 g/mol. The fourth-order valence-corrected chi connectivity index (χ4v) is 1.80. The van der Waals surface area contributed by atoms with Gasteiger partial charge in [0.1, 0.15) is 11.6 Å². The van der Waals surface area contributed by atoms with Gasteiger partial charge in [0.15, 0.2) is 5.60 Å². The third-order valence-corrected chi connectivity index (χ3v) is 3.18. The molecule has 0 aliphatic rings. The van der Waals surface area contributed by atoms with Crippen LogP contribution < -0.4 is 10.1 Å². The molecule has 6 heteroatoms. The summed E-state index contributed by atoms with van der Waals surface area (Å²) in [6.07, 6.45) is 1.46.